The van der Waals surface area contributed by atoms with Crippen molar-refractivity contribution in [2.45, 2.75) is 26.3 Å². The van der Waals surface area contributed by atoms with Gasteiger partial charge >= 0.3 is 0 Å². The topological polar surface area (TPSA) is 98.7 Å². The van der Waals surface area contributed by atoms with Crippen molar-refractivity contribution in [3.63, 3.8) is 0 Å². The molecule has 27 heavy (non-hydrogen) atoms. The summed E-state index contributed by atoms with van der Waals surface area (Å²) in [7, 11) is 0. The zero-order valence-corrected chi connectivity index (χ0v) is 15.4. The van der Waals surface area contributed by atoms with Gasteiger partial charge in [0.1, 0.15) is 11.5 Å². The molecule has 1 aliphatic heterocycles. The van der Waals surface area contributed by atoms with E-state index in [-0.39, 0.29) is 28.6 Å². The predicted molar refractivity (Wildman–Crippen MR) is 102 cm³/mol. The van der Waals surface area contributed by atoms with Crippen LogP contribution in [0.25, 0.3) is 0 Å². The fraction of sp³-hybridized carbons (Fsp3) is 0.350. The number of non-ortho nitro benzene ring substituents is 1. The number of hydrogen-bond donors (Lipinski definition) is 1. The maximum atomic E-state index is 13.2. The van der Waals surface area contributed by atoms with Crippen LogP contribution in [0.2, 0.25) is 0 Å². The molecule has 1 saturated heterocycles. The summed E-state index contributed by atoms with van der Waals surface area (Å²) in [6.45, 7) is 5.04. The van der Waals surface area contributed by atoms with E-state index in [1.54, 1.807) is 17.0 Å². The Labute approximate surface area is 157 Å². The highest BCUT2D eigenvalue weighted by Gasteiger charge is 2.36. The van der Waals surface area contributed by atoms with E-state index in [0.717, 1.165) is 0 Å². The van der Waals surface area contributed by atoms with E-state index in [2.05, 4.69) is 0 Å². The number of ether oxygens (including phenoxy) is 1. The molecule has 3 rings (SSSR count). The largest absolute Gasteiger partial charge is 0.457 e. The van der Waals surface area contributed by atoms with Gasteiger partial charge in [0, 0.05) is 31.3 Å². The number of carbonyl (C=O) groups excluding carboxylic acids is 1. The molecule has 1 heterocycles. The molecule has 2 aromatic carbocycles. The molecule has 2 N–H and O–H groups in total. The van der Waals surface area contributed by atoms with Gasteiger partial charge in [0.2, 0.25) is 0 Å². The maximum Gasteiger partial charge on any atom is 0.270 e. The fourth-order valence-electron chi connectivity index (χ4n) is 3.22. The highest BCUT2D eigenvalue weighted by molar-refractivity contribution is 5.97. The Morgan fingerprint density at radius 3 is 2.59 bits per heavy atom. The van der Waals surface area contributed by atoms with Gasteiger partial charge < -0.3 is 15.4 Å². The third-order valence-corrected chi connectivity index (χ3v) is 4.97. The second-order valence-electron chi connectivity index (χ2n) is 7.46. The number of likely N-dealkylation sites (tertiary alicyclic amines) is 1. The van der Waals surface area contributed by atoms with Gasteiger partial charge in [0.05, 0.1) is 10.5 Å². The van der Waals surface area contributed by atoms with Crippen LogP contribution in [0, 0.1) is 15.5 Å². The Morgan fingerprint density at radius 2 is 1.96 bits per heavy atom. The molecule has 1 atom stereocenters. The number of rotatable bonds is 4. The molecule has 0 aliphatic carbocycles. The summed E-state index contributed by atoms with van der Waals surface area (Å²) >= 11 is 0. The Balaban J connectivity index is 1.95. The van der Waals surface area contributed by atoms with E-state index >= 15 is 0 Å². The number of nitro benzene ring substituents is 1. The van der Waals surface area contributed by atoms with Gasteiger partial charge in [-0.25, -0.2) is 0 Å². The minimum atomic E-state index is -0.515. The number of carbonyl (C=O) groups is 1. The van der Waals surface area contributed by atoms with E-state index in [1.807, 2.05) is 32.0 Å². The zero-order chi connectivity index (χ0) is 19.6. The Hall–Kier alpha value is -2.93. The minimum Gasteiger partial charge on any atom is -0.457 e. The first kappa shape index (κ1) is 18.8. The summed E-state index contributed by atoms with van der Waals surface area (Å²) in [4.78, 5) is 25.5. The van der Waals surface area contributed by atoms with Crippen molar-refractivity contribution in [3.8, 4) is 11.5 Å². The smallest absolute Gasteiger partial charge is 0.270 e. The number of nitrogens with zero attached hydrogens (tertiary/aromatic N) is 2. The molecule has 7 heteroatoms. The third-order valence-electron chi connectivity index (χ3n) is 4.97. The molecule has 1 aliphatic rings. The van der Waals surface area contributed by atoms with Crippen LogP contribution in [-0.2, 0) is 0 Å². The van der Waals surface area contributed by atoms with Gasteiger partial charge in [-0.2, -0.15) is 0 Å². The van der Waals surface area contributed by atoms with Gasteiger partial charge in [0.25, 0.3) is 11.6 Å². The van der Waals surface area contributed by atoms with Crippen molar-refractivity contribution >= 4 is 11.6 Å². The molecule has 0 radical (unpaired) electrons. The second kappa shape index (κ2) is 7.36. The van der Waals surface area contributed by atoms with Crippen LogP contribution in [0.1, 0.15) is 30.6 Å². The van der Waals surface area contributed by atoms with E-state index in [1.165, 1.54) is 18.2 Å². The van der Waals surface area contributed by atoms with Crippen LogP contribution in [0.15, 0.2) is 48.5 Å². The average molecular weight is 369 g/mol. The van der Waals surface area contributed by atoms with Crippen molar-refractivity contribution in [2.75, 3.05) is 13.1 Å². The van der Waals surface area contributed by atoms with Crippen LogP contribution >= 0.6 is 0 Å². The summed E-state index contributed by atoms with van der Waals surface area (Å²) in [6.07, 6.45) is 0.683. The molecule has 0 aromatic heterocycles. The lowest BCUT2D eigenvalue weighted by molar-refractivity contribution is -0.384. The van der Waals surface area contributed by atoms with E-state index in [0.29, 0.717) is 31.0 Å². The first-order valence-electron chi connectivity index (χ1n) is 8.84. The number of nitrogens with two attached hydrogens (primary N) is 1. The first-order valence-corrected chi connectivity index (χ1v) is 8.84. The monoisotopic (exact) mass is 369 g/mol. The lowest BCUT2D eigenvalue weighted by Gasteiger charge is -2.42. The Bertz CT molecular complexity index is 852. The first-order chi connectivity index (χ1) is 12.8. The quantitative estimate of drug-likeness (QED) is 0.656. The zero-order valence-electron chi connectivity index (χ0n) is 15.4. The minimum absolute atomic E-state index is 0.00620. The van der Waals surface area contributed by atoms with Crippen LogP contribution in [0.4, 0.5) is 5.69 Å². The molecule has 0 bridgehead atoms. The van der Waals surface area contributed by atoms with Gasteiger partial charge in [-0.3, -0.25) is 14.9 Å². The normalized spacial score (nSPS) is 18.8. The van der Waals surface area contributed by atoms with E-state index in [4.69, 9.17) is 10.5 Å². The van der Waals surface area contributed by atoms with Crippen LogP contribution in [0.5, 0.6) is 11.5 Å². The molecule has 1 fully saturated rings. The standard InChI is InChI=1S/C20H23N3O4/c1-20(2)13-22(11-10-18(20)21)19(24)16-12-14(23(25)26)8-9-17(16)27-15-6-4-3-5-7-15/h3-9,12,18H,10-11,13,21H2,1-2H3. The molecule has 2 aromatic rings. The van der Waals surface area contributed by atoms with E-state index in [9.17, 15) is 14.9 Å². The Kier molecular flexibility index (Phi) is 5.14. The summed E-state index contributed by atoms with van der Waals surface area (Å²) in [6, 6.07) is 13.1. The number of nitro groups is 1. The average Bonchev–Trinajstić information content (AvgIpc) is 2.64. The summed E-state index contributed by atoms with van der Waals surface area (Å²) < 4.78 is 5.83. The van der Waals surface area contributed by atoms with Gasteiger partial charge in [-0.15, -0.1) is 0 Å². The lowest BCUT2D eigenvalue weighted by Crippen LogP contribution is -2.54. The van der Waals surface area contributed by atoms with Crippen molar-refractivity contribution in [2.24, 2.45) is 11.1 Å². The van der Waals surface area contributed by atoms with Crippen LogP contribution < -0.4 is 10.5 Å². The molecule has 1 amide bonds. The molecule has 7 nitrogen and oxygen atoms in total. The maximum absolute atomic E-state index is 13.2. The molecule has 0 saturated carbocycles. The van der Waals surface area contributed by atoms with Crippen molar-refractivity contribution in [1.82, 2.24) is 4.90 Å². The number of piperidine rings is 1. The number of hydrogen-bond acceptors (Lipinski definition) is 5. The van der Waals surface area contributed by atoms with Gasteiger partial charge in [0.15, 0.2) is 0 Å². The Morgan fingerprint density at radius 1 is 1.26 bits per heavy atom. The summed E-state index contributed by atoms with van der Waals surface area (Å²) in [5.41, 5.74) is 5.96. The van der Waals surface area contributed by atoms with Gasteiger partial charge in [-0.05, 0) is 30.0 Å². The number of amides is 1. The van der Waals surface area contributed by atoms with Crippen molar-refractivity contribution in [1.29, 1.82) is 0 Å². The SMILES string of the molecule is CC1(C)CN(C(=O)c2cc([N+](=O)[O-])ccc2Oc2ccccc2)CCC1N. The predicted octanol–water partition coefficient (Wildman–Crippen LogP) is 3.59. The van der Waals surface area contributed by atoms with Crippen LogP contribution in [0.3, 0.4) is 0 Å². The van der Waals surface area contributed by atoms with E-state index < -0.39 is 4.92 Å². The number of benzene rings is 2. The molecule has 1 unspecified atom stereocenters. The molecule has 0 spiro atoms. The summed E-state index contributed by atoms with van der Waals surface area (Å²) in [5, 5.41) is 11.2. The van der Waals surface area contributed by atoms with Crippen LogP contribution in [-0.4, -0.2) is 34.9 Å². The third kappa shape index (κ3) is 4.09. The molecular weight excluding hydrogens is 346 g/mol. The number of para-hydroxylation sites is 1. The highest BCUT2D eigenvalue weighted by Crippen LogP contribution is 2.33. The molecular formula is C20H23N3O4. The highest BCUT2D eigenvalue weighted by atomic mass is 16.6. The molecule has 142 valence electrons. The second-order valence-corrected chi connectivity index (χ2v) is 7.46. The van der Waals surface area contributed by atoms with Crippen molar-refractivity contribution < 1.29 is 14.5 Å². The lowest BCUT2D eigenvalue weighted by atomic mass is 9.79. The van der Waals surface area contributed by atoms with Gasteiger partial charge in [-0.1, -0.05) is 32.0 Å². The fourth-order valence-corrected chi connectivity index (χ4v) is 3.22. The van der Waals surface area contributed by atoms with Crippen molar-refractivity contribution in [3.05, 3.63) is 64.2 Å². The summed E-state index contributed by atoms with van der Waals surface area (Å²) in [5.74, 6) is 0.565.